The van der Waals surface area contributed by atoms with E-state index in [1.807, 2.05) is 78.9 Å². The third-order valence-electron chi connectivity index (χ3n) is 6.99. The molecule has 6 nitrogen and oxygen atoms in total. The van der Waals surface area contributed by atoms with Gasteiger partial charge in [-0.05, 0) is 92.4 Å². The quantitative estimate of drug-likeness (QED) is 0.165. The molecule has 0 saturated heterocycles. The number of fused-ring (bicyclic) bond motifs is 3. The molecule has 0 aliphatic carbocycles. The number of rotatable bonds is 6. The van der Waals surface area contributed by atoms with Gasteiger partial charge < -0.3 is 9.15 Å². The van der Waals surface area contributed by atoms with Gasteiger partial charge in [-0.1, -0.05) is 70.5 Å². The first-order chi connectivity index (χ1) is 20.5. The minimum atomic E-state index is -0.289. The second kappa shape index (κ2) is 11.0. The number of halogens is 2. The molecule has 0 radical (unpaired) electrons. The molecule has 0 unspecified atom stereocenters. The number of furan rings is 1. The Morgan fingerprint density at radius 2 is 1.64 bits per heavy atom. The normalized spacial score (nSPS) is 11.7. The van der Waals surface area contributed by atoms with Crippen LogP contribution in [-0.2, 0) is 6.61 Å². The van der Waals surface area contributed by atoms with Crippen LogP contribution in [0.2, 0.25) is 0 Å². The molecule has 5 aromatic carbocycles. The summed E-state index contributed by atoms with van der Waals surface area (Å²) < 4.78 is 15.2. The Bertz CT molecular complexity index is 2210. The van der Waals surface area contributed by atoms with Crippen LogP contribution >= 0.6 is 31.9 Å². The maximum absolute atomic E-state index is 13.6. The van der Waals surface area contributed by atoms with Gasteiger partial charge in [0.05, 0.1) is 21.6 Å². The Labute approximate surface area is 257 Å². The zero-order chi connectivity index (χ0) is 28.6. The molecular formula is C34H21Br2N3O3. The van der Waals surface area contributed by atoms with E-state index in [0.29, 0.717) is 40.4 Å². The van der Waals surface area contributed by atoms with E-state index in [-0.39, 0.29) is 5.56 Å². The molecule has 2 aromatic heterocycles. The molecule has 0 atom stereocenters. The first kappa shape index (κ1) is 26.4. The van der Waals surface area contributed by atoms with Crippen LogP contribution in [-0.4, -0.2) is 15.9 Å². The summed E-state index contributed by atoms with van der Waals surface area (Å²) in [6.45, 7) is 0.434. The lowest BCUT2D eigenvalue weighted by atomic mass is 10.1. The van der Waals surface area contributed by atoms with Gasteiger partial charge in [0.2, 0.25) is 5.82 Å². The Morgan fingerprint density at radius 1 is 0.833 bits per heavy atom. The lowest BCUT2D eigenvalue weighted by Gasteiger charge is -2.11. The summed E-state index contributed by atoms with van der Waals surface area (Å²) in [6.07, 6.45) is 1.62. The molecule has 0 spiro atoms. The fraction of sp³-hybridized carbons (Fsp3) is 0.0294. The molecule has 0 saturated carbocycles. The summed E-state index contributed by atoms with van der Waals surface area (Å²) in [7, 11) is 0. The van der Waals surface area contributed by atoms with Crippen molar-refractivity contribution in [2.24, 2.45) is 5.10 Å². The van der Waals surface area contributed by atoms with Crippen LogP contribution in [0.3, 0.4) is 0 Å². The highest BCUT2D eigenvalue weighted by molar-refractivity contribution is 9.10. The SMILES string of the molecule is O=c1c2ccccc2nc(-c2cc3cc(Br)ccc3o2)n1N=Cc1ccc(OCc2cccc3ccccc23)c(Br)c1. The van der Waals surface area contributed by atoms with Crippen molar-refractivity contribution in [2.45, 2.75) is 6.61 Å². The summed E-state index contributed by atoms with van der Waals surface area (Å²) in [5, 5.41) is 8.28. The van der Waals surface area contributed by atoms with Gasteiger partial charge in [0, 0.05) is 9.86 Å². The van der Waals surface area contributed by atoms with E-state index in [1.54, 1.807) is 12.3 Å². The van der Waals surface area contributed by atoms with Crippen LogP contribution in [0.5, 0.6) is 5.75 Å². The van der Waals surface area contributed by atoms with Gasteiger partial charge in [0.25, 0.3) is 5.56 Å². The van der Waals surface area contributed by atoms with Crippen molar-refractivity contribution in [2.75, 3.05) is 0 Å². The number of nitrogens with zero attached hydrogens (tertiary/aromatic N) is 3. The largest absolute Gasteiger partial charge is 0.488 e. The summed E-state index contributed by atoms with van der Waals surface area (Å²) in [6, 6.07) is 35.0. The lowest BCUT2D eigenvalue weighted by molar-refractivity contribution is 0.305. The molecule has 7 aromatic rings. The van der Waals surface area contributed by atoms with Gasteiger partial charge >= 0.3 is 0 Å². The van der Waals surface area contributed by atoms with Crippen molar-refractivity contribution in [1.82, 2.24) is 9.66 Å². The average Bonchev–Trinajstić information content (AvgIpc) is 3.43. The second-order valence-corrected chi connectivity index (χ2v) is 11.5. The number of para-hydroxylation sites is 1. The lowest BCUT2D eigenvalue weighted by Crippen LogP contribution is -2.20. The summed E-state index contributed by atoms with van der Waals surface area (Å²) in [5.74, 6) is 1.47. The highest BCUT2D eigenvalue weighted by atomic mass is 79.9. The third kappa shape index (κ3) is 5.04. The highest BCUT2D eigenvalue weighted by Crippen LogP contribution is 2.30. The number of ether oxygens (including phenoxy) is 1. The van der Waals surface area contributed by atoms with Gasteiger partial charge in [-0.25, -0.2) is 4.98 Å². The monoisotopic (exact) mass is 677 g/mol. The van der Waals surface area contributed by atoms with Crippen molar-refractivity contribution in [3.8, 4) is 17.3 Å². The number of hydrogen-bond acceptors (Lipinski definition) is 5. The summed E-state index contributed by atoms with van der Waals surface area (Å²) in [4.78, 5) is 18.3. The Morgan fingerprint density at radius 3 is 2.52 bits per heavy atom. The number of hydrogen-bond donors (Lipinski definition) is 0. The van der Waals surface area contributed by atoms with Gasteiger partial charge in [-0.15, -0.1) is 0 Å². The minimum absolute atomic E-state index is 0.289. The average molecular weight is 679 g/mol. The van der Waals surface area contributed by atoms with E-state index < -0.39 is 0 Å². The van der Waals surface area contributed by atoms with Crippen LogP contribution < -0.4 is 10.3 Å². The van der Waals surface area contributed by atoms with E-state index >= 15 is 0 Å². The van der Waals surface area contributed by atoms with E-state index in [0.717, 1.165) is 25.5 Å². The number of aromatic nitrogens is 2. The molecule has 0 N–H and O–H groups in total. The van der Waals surface area contributed by atoms with Gasteiger partial charge in [0.15, 0.2) is 5.76 Å². The Kier molecular flexibility index (Phi) is 6.93. The van der Waals surface area contributed by atoms with Crippen LogP contribution in [0.25, 0.3) is 44.2 Å². The van der Waals surface area contributed by atoms with Crippen molar-refractivity contribution in [1.29, 1.82) is 0 Å². The molecule has 0 aliphatic heterocycles. The van der Waals surface area contributed by atoms with Crippen LogP contribution in [0.15, 0.2) is 132 Å². The molecule has 0 aliphatic rings. The van der Waals surface area contributed by atoms with Gasteiger partial charge in [-0.3, -0.25) is 4.79 Å². The van der Waals surface area contributed by atoms with Crippen molar-refractivity contribution in [3.05, 3.63) is 140 Å². The topological polar surface area (TPSA) is 69.6 Å². The van der Waals surface area contributed by atoms with Crippen LogP contribution in [0.4, 0.5) is 0 Å². The zero-order valence-electron chi connectivity index (χ0n) is 22.0. The molecule has 7 rings (SSSR count). The van der Waals surface area contributed by atoms with Crippen LogP contribution in [0, 0.1) is 0 Å². The molecular weight excluding hydrogens is 658 g/mol. The van der Waals surface area contributed by atoms with E-state index in [1.165, 1.54) is 15.4 Å². The third-order valence-corrected chi connectivity index (χ3v) is 8.11. The first-order valence-corrected chi connectivity index (χ1v) is 14.8. The number of benzene rings is 5. The molecule has 0 bridgehead atoms. The van der Waals surface area contributed by atoms with E-state index in [4.69, 9.17) is 14.1 Å². The minimum Gasteiger partial charge on any atom is -0.488 e. The molecule has 2 heterocycles. The van der Waals surface area contributed by atoms with E-state index in [9.17, 15) is 4.79 Å². The van der Waals surface area contributed by atoms with Crippen molar-refractivity contribution in [3.63, 3.8) is 0 Å². The summed E-state index contributed by atoms with van der Waals surface area (Å²) >= 11 is 7.13. The molecule has 0 fully saturated rings. The predicted octanol–water partition coefficient (Wildman–Crippen LogP) is 8.95. The molecule has 42 heavy (non-hydrogen) atoms. The van der Waals surface area contributed by atoms with Crippen molar-refractivity contribution < 1.29 is 9.15 Å². The molecule has 204 valence electrons. The smallest absolute Gasteiger partial charge is 0.282 e. The highest BCUT2D eigenvalue weighted by Gasteiger charge is 2.17. The van der Waals surface area contributed by atoms with Gasteiger partial charge in [-0.2, -0.15) is 9.78 Å². The second-order valence-electron chi connectivity index (χ2n) is 9.72. The zero-order valence-corrected chi connectivity index (χ0v) is 25.2. The predicted molar refractivity (Wildman–Crippen MR) is 174 cm³/mol. The first-order valence-electron chi connectivity index (χ1n) is 13.2. The maximum atomic E-state index is 13.6. The maximum Gasteiger partial charge on any atom is 0.282 e. The molecule has 8 heteroatoms. The molecule has 0 amide bonds. The van der Waals surface area contributed by atoms with E-state index in [2.05, 4.69) is 61.2 Å². The van der Waals surface area contributed by atoms with Crippen molar-refractivity contribution >= 4 is 70.7 Å². The summed E-state index contributed by atoms with van der Waals surface area (Å²) in [5.41, 5.74) is 2.86. The van der Waals surface area contributed by atoms with Crippen LogP contribution in [0.1, 0.15) is 11.1 Å². The fourth-order valence-electron chi connectivity index (χ4n) is 4.93. The standard InChI is InChI=1S/C34H21Br2N3O3/c35-25-13-15-30-24(17-25)18-32(42-30)33-38-29-11-4-3-10-27(29)34(40)39(33)37-19-21-12-14-31(28(36)16-21)41-20-23-8-5-7-22-6-1-2-9-26(22)23/h1-19H,20H2. The Hall–Kier alpha value is -4.53. The Balaban J connectivity index is 1.22. The van der Waals surface area contributed by atoms with Gasteiger partial charge in [0.1, 0.15) is 17.9 Å². The fourth-order valence-corrected chi connectivity index (χ4v) is 5.82.